The average Bonchev–Trinajstić information content (AvgIpc) is 2.88. The van der Waals surface area contributed by atoms with Crippen LogP contribution in [-0.2, 0) is 28.0 Å². The third-order valence-electron chi connectivity index (χ3n) is 5.84. The largest absolute Gasteiger partial charge is 0.489 e. The molecule has 1 fully saturated rings. The van der Waals surface area contributed by atoms with Crippen molar-refractivity contribution in [3.63, 3.8) is 0 Å². The molecule has 1 saturated heterocycles. The monoisotopic (exact) mass is 482 g/mol. The maximum Gasteiger partial charge on any atom is 0.243 e. The van der Waals surface area contributed by atoms with E-state index in [1.807, 2.05) is 24.3 Å². The lowest BCUT2D eigenvalue weighted by Crippen LogP contribution is -2.45. The fourth-order valence-electron chi connectivity index (χ4n) is 3.90. The van der Waals surface area contributed by atoms with Crippen LogP contribution in [-0.4, -0.2) is 31.7 Å². The molecule has 34 heavy (non-hydrogen) atoms. The van der Waals surface area contributed by atoms with Gasteiger partial charge in [0.15, 0.2) is 0 Å². The average molecular weight is 483 g/mol. The van der Waals surface area contributed by atoms with E-state index < -0.39 is 10.0 Å². The summed E-state index contributed by atoms with van der Waals surface area (Å²) in [5.41, 5.74) is 1.78. The highest BCUT2D eigenvalue weighted by molar-refractivity contribution is 7.89. The number of carbonyl (C=O) groups is 1. The molecule has 0 bridgehead atoms. The van der Waals surface area contributed by atoms with Crippen LogP contribution in [0.2, 0.25) is 0 Å². The standard InChI is InChI=1S/C26H27FN2O4S/c27-23-12-8-21(9-13-23)19-33-24-14-10-20(11-15-24)17-28-26(30)22-5-4-16-29(18-22)34(31,32)25-6-2-1-3-7-25/h1-3,6-15,22H,4-5,16-19H2,(H,28,30)/t22-/m0/s1. The summed E-state index contributed by atoms with van der Waals surface area (Å²) >= 11 is 0. The first-order valence-corrected chi connectivity index (χ1v) is 12.6. The van der Waals surface area contributed by atoms with Gasteiger partial charge in [-0.2, -0.15) is 4.31 Å². The van der Waals surface area contributed by atoms with Crippen molar-refractivity contribution >= 4 is 15.9 Å². The number of benzene rings is 3. The van der Waals surface area contributed by atoms with Crippen LogP contribution in [0.3, 0.4) is 0 Å². The number of carbonyl (C=O) groups excluding carboxylic acids is 1. The van der Waals surface area contributed by atoms with E-state index in [2.05, 4.69) is 5.32 Å². The molecule has 0 saturated carbocycles. The van der Waals surface area contributed by atoms with E-state index in [-0.39, 0.29) is 29.1 Å². The summed E-state index contributed by atoms with van der Waals surface area (Å²) in [7, 11) is -3.61. The van der Waals surface area contributed by atoms with Crippen molar-refractivity contribution < 1.29 is 22.3 Å². The molecule has 1 N–H and O–H groups in total. The Balaban J connectivity index is 1.28. The van der Waals surface area contributed by atoms with Gasteiger partial charge >= 0.3 is 0 Å². The smallest absolute Gasteiger partial charge is 0.243 e. The molecule has 3 aromatic carbocycles. The van der Waals surface area contributed by atoms with Crippen molar-refractivity contribution in [2.24, 2.45) is 5.92 Å². The third-order valence-corrected chi connectivity index (χ3v) is 7.72. The zero-order valence-electron chi connectivity index (χ0n) is 18.7. The SMILES string of the molecule is O=C(NCc1ccc(OCc2ccc(F)cc2)cc1)[C@H]1CCCN(S(=O)(=O)c2ccccc2)C1. The minimum Gasteiger partial charge on any atom is -0.489 e. The molecule has 1 amide bonds. The van der Waals surface area contributed by atoms with Gasteiger partial charge in [-0.15, -0.1) is 0 Å². The summed E-state index contributed by atoms with van der Waals surface area (Å²) in [5.74, 6) is -0.141. The summed E-state index contributed by atoms with van der Waals surface area (Å²) in [5, 5.41) is 2.93. The molecule has 0 aromatic heterocycles. The fourth-order valence-corrected chi connectivity index (χ4v) is 5.45. The number of sulfonamides is 1. The van der Waals surface area contributed by atoms with Crippen LogP contribution in [0.5, 0.6) is 5.75 Å². The Bertz CT molecular complexity index is 1200. The van der Waals surface area contributed by atoms with Gasteiger partial charge in [0.2, 0.25) is 15.9 Å². The summed E-state index contributed by atoms with van der Waals surface area (Å²) in [4.78, 5) is 13.0. The van der Waals surface area contributed by atoms with Crippen molar-refractivity contribution in [1.82, 2.24) is 9.62 Å². The minimum atomic E-state index is -3.61. The van der Waals surface area contributed by atoms with Gasteiger partial charge < -0.3 is 10.1 Å². The Morgan fingerprint density at radius 1 is 0.971 bits per heavy atom. The maximum atomic E-state index is 13.0. The Labute approximate surface area is 199 Å². The Hall–Kier alpha value is -3.23. The highest BCUT2D eigenvalue weighted by Crippen LogP contribution is 2.24. The summed E-state index contributed by atoms with van der Waals surface area (Å²) in [6.07, 6.45) is 1.30. The van der Waals surface area contributed by atoms with Gasteiger partial charge in [0.05, 0.1) is 10.8 Å². The highest BCUT2D eigenvalue weighted by Gasteiger charge is 2.33. The van der Waals surface area contributed by atoms with E-state index in [4.69, 9.17) is 4.74 Å². The van der Waals surface area contributed by atoms with Gasteiger partial charge in [-0.25, -0.2) is 12.8 Å². The van der Waals surface area contributed by atoms with E-state index in [0.29, 0.717) is 38.3 Å². The van der Waals surface area contributed by atoms with Crippen LogP contribution in [0, 0.1) is 11.7 Å². The zero-order valence-corrected chi connectivity index (χ0v) is 19.5. The molecule has 0 unspecified atom stereocenters. The van der Waals surface area contributed by atoms with E-state index in [9.17, 15) is 17.6 Å². The van der Waals surface area contributed by atoms with Gasteiger partial charge in [0.25, 0.3) is 0 Å². The number of nitrogens with one attached hydrogen (secondary N) is 1. The third kappa shape index (κ3) is 6.01. The second kappa shape index (κ2) is 10.8. The van der Waals surface area contributed by atoms with Crippen LogP contribution < -0.4 is 10.1 Å². The van der Waals surface area contributed by atoms with E-state index >= 15 is 0 Å². The number of ether oxygens (including phenoxy) is 1. The molecular weight excluding hydrogens is 455 g/mol. The van der Waals surface area contributed by atoms with Crippen LogP contribution in [0.4, 0.5) is 4.39 Å². The van der Waals surface area contributed by atoms with Crippen molar-refractivity contribution in [2.45, 2.75) is 30.9 Å². The first kappa shape index (κ1) is 23.9. The molecule has 0 spiro atoms. The first-order chi connectivity index (χ1) is 16.4. The van der Waals surface area contributed by atoms with E-state index in [1.165, 1.54) is 16.4 Å². The summed E-state index contributed by atoms with van der Waals surface area (Å²) in [6, 6.07) is 21.8. The molecule has 4 rings (SSSR count). The Kier molecular flexibility index (Phi) is 7.59. The second-order valence-corrected chi connectivity index (χ2v) is 10.2. The Morgan fingerprint density at radius 2 is 1.65 bits per heavy atom. The molecule has 1 aliphatic heterocycles. The molecule has 1 heterocycles. The number of halogens is 1. The predicted molar refractivity (Wildman–Crippen MR) is 127 cm³/mol. The quantitative estimate of drug-likeness (QED) is 0.524. The molecular formula is C26H27FN2O4S. The lowest BCUT2D eigenvalue weighted by atomic mass is 9.99. The number of nitrogens with zero attached hydrogens (tertiary/aromatic N) is 1. The van der Waals surface area contributed by atoms with E-state index in [1.54, 1.807) is 42.5 Å². The molecule has 1 atom stereocenters. The van der Waals surface area contributed by atoms with Gasteiger partial charge in [-0.05, 0) is 60.4 Å². The van der Waals surface area contributed by atoms with Gasteiger partial charge in [-0.1, -0.05) is 42.5 Å². The fraction of sp³-hybridized carbons (Fsp3) is 0.269. The van der Waals surface area contributed by atoms with Crippen LogP contribution in [0.25, 0.3) is 0 Å². The minimum absolute atomic E-state index is 0.149. The van der Waals surface area contributed by atoms with Gasteiger partial charge in [0, 0.05) is 19.6 Å². The number of hydrogen-bond donors (Lipinski definition) is 1. The van der Waals surface area contributed by atoms with Crippen molar-refractivity contribution in [1.29, 1.82) is 0 Å². The molecule has 6 nitrogen and oxygen atoms in total. The second-order valence-electron chi connectivity index (χ2n) is 8.29. The number of hydrogen-bond acceptors (Lipinski definition) is 4. The van der Waals surface area contributed by atoms with Crippen molar-refractivity contribution in [3.8, 4) is 5.75 Å². The number of piperidine rings is 1. The van der Waals surface area contributed by atoms with Crippen molar-refractivity contribution in [2.75, 3.05) is 13.1 Å². The number of rotatable bonds is 8. The molecule has 0 radical (unpaired) electrons. The van der Waals surface area contributed by atoms with Crippen LogP contribution in [0.15, 0.2) is 83.8 Å². The maximum absolute atomic E-state index is 13.0. The van der Waals surface area contributed by atoms with Gasteiger partial charge in [-0.3, -0.25) is 4.79 Å². The molecule has 1 aliphatic rings. The normalized spacial score (nSPS) is 16.7. The summed E-state index contributed by atoms with van der Waals surface area (Å²) in [6.45, 7) is 1.28. The van der Waals surface area contributed by atoms with E-state index in [0.717, 1.165) is 11.1 Å². The zero-order chi connectivity index (χ0) is 24.0. The number of amides is 1. The summed E-state index contributed by atoms with van der Waals surface area (Å²) < 4.78 is 45.9. The van der Waals surface area contributed by atoms with Crippen LogP contribution >= 0.6 is 0 Å². The lowest BCUT2D eigenvalue weighted by Gasteiger charge is -2.31. The lowest BCUT2D eigenvalue weighted by molar-refractivity contribution is -0.126. The Morgan fingerprint density at radius 3 is 2.35 bits per heavy atom. The first-order valence-electron chi connectivity index (χ1n) is 11.2. The topological polar surface area (TPSA) is 75.7 Å². The predicted octanol–water partition coefficient (Wildman–Crippen LogP) is 4.12. The highest BCUT2D eigenvalue weighted by atomic mass is 32.2. The van der Waals surface area contributed by atoms with Crippen molar-refractivity contribution in [3.05, 3.63) is 95.8 Å². The molecule has 178 valence electrons. The molecule has 0 aliphatic carbocycles. The molecule has 3 aromatic rings. The van der Waals surface area contributed by atoms with Gasteiger partial charge in [0.1, 0.15) is 18.2 Å². The van der Waals surface area contributed by atoms with Crippen LogP contribution in [0.1, 0.15) is 24.0 Å². The molecule has 8 heteroatoms.